The van der Waals surface area contributed by atoms with Crippen molar-refractivity contribution < 1.29 is 9.53 Å². The van der Waals surface area contributed by atoms with Gasteiger partial charge in [-0.15, -0.1) is 0 Å². The van der Waals surface area contributed by atoms with Crippen LogP contribution in [0.3, 0.4) is 0 Å². The molecule has 1 heterocycles. The topological polar surface area (TPSA) is 41.6 Å². The van der Waals surface area contributed by atoms with Gasteiger partial charge in [0, 0.05) is 5.69 Å². The van der Waals surface area contributed by atoms with E-state index in [0.29, 0.717) is 6.61 Å². The van der Waals surface area contributed by atoms with Crippen LogP contribution in [-0.4, -0.2) is 37.0 Å². The lowest BCUT2D eigenvalue weighted by molar-refractivity contribution is -0.122. The molecule has 1 saturated heterocycles. The molecule has 1 amide bonds. The van der Waals surface area contributed by atoms with Gasteiger partial charge in [0.25, 0.3) is 0 Å². The molecule has 0 saturated carbocycles. The molecule has 0 spiro atoms. The number of nitrogens with zero attached hydrogens (tertiary/aromatic N) is 1. The summed E-state index contributed by atoms with van der Waals surface area (Å²) in [6.45, 7) is 7.83. The average Bonchev–Trinajstić information content (AvgIpc) is 2.94. The summed E-state index contributed by atoms with van der Waals surface area (Å²) in [5, 5.41) is 3.17. The number of carbonyl (C=O) groups excluding carboxylic acids is 1. The van der Waals surface area contributed by atoms with E-state index >= 15 is 0 Å². The van der Waals surface area contributed by atoms with E-state index in [1.807, 2.05) is 49.4 Å². The Morgan fingerprint density at radius 1 is 1.04 bits per heavy atom. The molecule has 4 heteroatoms. The fraction of sp³-hybridized carbons (Fsp3) is 0.435. The van der Waals surface area contributed by atoms with Crippen LogP contribution in [-0.2, 0) is 10.2 Å². The quantitative estimate of drug-likeness (QED) is 0.820. The third kappa shape index (κ3) is 4.51. The van der Waals surface area contributed by atoms with Gasteiger partial charge >= 0.3 is 0 Å². The summed E-state index contributed by atoms with van der Waals surface area (Å²) in [5.74, 6) is 0.914. The van der Waals surface area contributed by atoms with Crippen LogP contribution in [0.15, 0.2) is 54.6 Å². The lowest BCUT2D eigenvalue weighted by Crippen LogP contribution is -2.41. The fourth-order valence-corrected chi connectivity index (χ4v) is 3.96. The number of nitrogens with one attached hydrogen (secondary N) is 1. The molecular weight excluding hydrogens is 336 g/mol. The number of hydrogen-bond acceptors (Lipinski definition) is 3. The third-order valence-electron chi connectivity index (χ3n) is 5.56. The van der Waals surface area contributed by atoms with E-state index in [2.05, 4.69) is 29.3 Å². The van der Waals surface area contributed by atoms with Crippen LogP contribution in [0.1, 0.15) is 38.7 Å². The second-order valence-corrected chi connectivity index (χ2v) is 7.15. The van der Waals surface area contributed by atoms with E-state index in [0.717, 1.165) is 55.9 Å². The van der Waals surface area contributed by atoms with Gasteiger partial charge in [-0.2, -0.15) is 0 Å². The number of ether oxygens (including phenoxy) is 1. The summed E-state index contributed by atoms with van der Waals surface area (Å²) in [5.41, 5.74) is 1.45. The SMILES string of the molecule is CCOc1ccc(NC(=O)[C@]2(c3ccccc3)CCCN(CC)CC2)cc1. The van der Waals surface area contributed by atoms with Gasteiger partial charge in [0.2, 0.25) is 5.91 Å². The van der Waals surface area contributed by atoms with Crippen LogP contribution in [0.2, 0.25) is 0 Å². The molecule has 2 aromatic rings. The molecule has 0 aromatic heterocycles. The van der Waals surface area contributed by atoms with E-state index < -0.39 is 5.41 Å². The second-order valence-electron chi connectivity index (χ2n) is 7.15. The highest BCUT2D eigenvalue weighted by molar-refractivity contribution is 5.99. The van der Waals surface area contributed by atoms with Crippen molar-refractivity contribution in [2.45, 2.75) is 38.5 Å². The van der Waals surface area contributed by atoms with Crippen LogP contribution in [0, 0.1) is 0 Å². The first-order valence-corrected chi connectivity index (χ1v) is 10.00. The maximum atomic E-state index is 13.5. The van der Waals surface area contributed by atoms with Crippen LogP contribution in [0.4, 0.5) is 5.69 Å². The van der Waals surface area contributed by atoms with Gasteiger partial charge in [-0.1, -0.05) is 37.3 Å². The number of carbonyl (C=O) groups is 1. The molecule has 2 aromatic carbocycles. The summed E-state index contributed by atoms with van der Waals surface area (Å²) in [7, 11) is 0. The van der Waals surface area contributed by atoms with Gasteiger partial charge in [-0.05, 0) is 75.6 Å². The molecule has 1 atom stereocenters. The standard InChI is InChI=1S/C23H30N2O2/c1-3-25-17-8-15-23(16-18-25,19-9-6-5-7-10-19)22(26)24-20-11-13-21(14-12-20)27-4-2/h5-7,9-14H,3-4,8,15-18H2,1-2H3,(H,24,26)/t23-/m1/s1. The molecule has 1 aliphatic heterocycles. The van der Waals surface area contributed by atoms with Gasteiger partial charge in [0.1, 0.15) is 5.75 Å². The molecule has 0 aliphatic carbocycles. The third-order valence-corrected chi connectivity index (χ3v) is 5.56. The summed E-state index contributed by atoms with van der Waals surface area (Å²) < 4.78 is 5.49. The lowest BCUT2D eigenvalue weighted by atomic mass is 9.73. The Hall–Kier alpha value is -2.33. The first kappa shape index (κ1) is 19.4. The fourth-order valence-electron chi connectivity index (χ4n) is 3.96. The van der Waals surface area contributed by atoms with Gasteiger partial charge in [-0.3, -0.25) is 4.79 Å². The molecule has 1 aliphatic rings. The van der Waals surface area contributed by atoms with Crippen molar-refractivity contribution in [2.24, 2.45) is 0 Å². The number of rotatable bonds is 6. The Labute approximate surface area is 162 Å². The van der Waals surface area contributed by atoms with Crippen LogP contribution < -0.4 is 10.1 Å². The van der Waals surface area contributed by atoms with Crippen molar-refractivity contribution in [3.8, 4) is 5.75 Å². The van der Waals surface area contributed by atoms with Crippen LogP contribution in [0.5, 0.6) is 5.75 Å². The first-order chi connectivity index (χ1) is 13.2. The summed E-state index contributed by atoms with van der Waals surface area (Å²) in [6, 6.07) is 17.9. The zero-order valence-corrected chi connectivity index (χ0v) is 16.4. The second kappa shape index (κ2) is 9.05. The van der Waals surface area contributed by atoms with Gasteiger partial charge in [0.05, 0.1) is 12.0 Å². The maximum absolute atomic E-state index is 13.5. The van der Waals surface area contributed by atoms with E-state index in [-0.39, 0.29) is 5.91 Å². The normalized spacial score (nSPS) is 20.7. The van der Waals surface area contributed by atoms with E-state index in [1.54, 1.807) is 0 Å². The van der Waals surface area contributed by atoms with E-state index in [1.165, 1.54) is 0 Å². The minimum atomic E-state index is -0.482. The number of likely N-dealkylation sites (tertiary alicyclic amines) is 1. The predicted molar refractivity (Wildman–Crippen MR) is 110 cm³/mol. The lowest BCUT2D eigenvalue weighted by Gasteiger charge is -2.32. The van der Waals surface area contributed by atoms with Gasteiger partial charge in [-0.25, -0.2) is 0 Å². The molecule has 27 heavy (non-hydrogen) atoms. The Morgan fingerprint density at radius 3 is 2.44 bits per heavy atom. The van der Waals surface area contributed by atoms with Crippen molar-refractivity contribution in [1.29, 1.82) is 0 Å². The monoisotopic (exact) mass is 366 g/mol. The number of anilines is 1. The zero-order chi connectivity index (χ0) is 19.1. The number of benzene rings is 2. The molecular formula is C23H30N2O2. The van der Waals surface area contributed by atoms with Crippen LogP contribution >= 0.6 is 0 Å². The van der Waals surface area contributed by atoms with Gasteiger partial charge in [0.15, 0.2) is 0 Å². The smallest absolute Gasteiger partial charge is 0.235 e. The first-order valence-electron chi connectivity index (χ1n) is 10.00. The van der Waals surface area contributed by atoms with Crippen molar-refractivity contribution in [1.82, 2.24) is 4.90 Å². The molecule has 1 fully saturated rings. The van der Waals surface area contributed by atoms with Crippen LogP contribution in [0.25, 0.3) is 0 Å². The van der Waals surface area contributed by atoms with E-state index in [4.69, 9.17) is 4.74 Å². The summed E-state index contributed by atoms with van der Waals surface area (Å²) in [6.07, 6.45) is 2.74. The summed E-state index contributed by atoms with van der Waals surface area (Å²) >= 11 is 0. The minimum Gasteiger partial charge on any atom is -0.494 e. The molecule has 0 radical (unpaired) electrons. The highest BCUT2D eigenvalue weighted by atomic mass is 16.5. The van der Waals surface area contributed by atoms with Gasteiger partial charge < -0.3 is 15.0 Å². The predicted octanol–water partition coefficient (Wildman–Crippen LogP) is 4.47. The average molecular weight is 367 g/mol. The highest BCUT2D eigenvalue weighted by Crippen LogP contribution is 2.37. The Kier molecular flexibility index (Phi) is 6.51. The summed E-state index contributed by atoms with van der Waals surface area (Å²) in [4.78, 5) is 15.9. The largest absolute Gasteiger partial charge is 0.494 e. The minimum absolute atomic E-state index is 0.0933. The number of amides is 1. The van der Waals surface area contributed by atoms with Crippen molar-refractivity contribution in [3.05, 3.63) is 60.2 Å². The molecule has 1 N–H and O–H groups in total. The van der Waals surface area contributed by atoms with E-state index in [9.17, 15) is 4.79 Å². The van der Waals surface area contributed by atoms with Crippen molar-refractivity contribution in [2.75, 3.05) is 31.6 Å². The molecule has 3 rings (SSSR count). The maximum Gasteiger partial charge on any atom is 0.235 e. The number of hydrogen-bond donors (Lipinski definition) is 1. The Morgan fingerprint density at radius 2 is 1.78 bits per heavy atom. The molecule has 144 valence electrons. The Bertz CT molecular complexity index is 730. The highest BCUT2D eigenvalue weighted by Gasteiger charge is 2.41. The van der Waals surface area contributed by atoms with Crippen molar-refractivity contribution >= 4 is 11.6 Å². The molecule has 0 unspecified atom stereocenters. The molecule has 0 bridgehead atoms. The molecule has 4 nitrogen and oxygen atoms in total. The zero-order valence-electron chi connectivity index (χ0n) is 16.4. The Balaban J connectivity index is 1.85. The van der Waals surface area contributed by atoms with Crippen molar-refractivity contribution in [3.63, 3.8) is 0 Å².